The van der Waals surface area contributed by atoms with Gasteiger partial charge in [-0.15, -0.1) is 0 Å². The Hall–Kier alpha value is -2.52. The summed E-state index contributed by atoms with van der Waals surface area (Å²) in [5, 5.41) is 8.91. The minimum absolute atomic E-state index is 0.122. The number of fused-ring (bicyclic) bond motifs is 1. The van der Waals surface area contributed by atoms with Gasteiger partial charge in [0.1, 0.15) is 0 Å². The van der Waals surface area contributed by atoms with Crippen LogP contribution in [0.3, 0.4) is 0 Å². The van der Waals surface area contributed by atoms with Crippen LogP contribution in [0.4, 0.5) is 11.4 Å². The summed E-state index contributed by atoms with van der Waals surface area (Å²) >= 11 is 0. The Kier molecular flexibility index (Phi) is 3.07. The molecule has 0 unspecified atom stereocenters. The summed E-state index contributed by atoms with van der Waals surface area (Å²) in [7, 11) is -3.67. The van der Waals surface area contributed by atoms with E-state index in [0.29, 0.717) is 29.9 Å². The molecule has 0 aromatic heterocycles. The number of nitrogens with two attached hydrogens (primary N) is 1. The van der Waals surface area contributed by atoms with Crippen molar-refractivity contribution in [2.24, 2.45) is 0 Å². The Morgan fingerprint density at radius 1 is 1.19 bits per heavy atom. The lowest BCUT2D eigenvalue weighted by Gasteiger charge is -2.19. The molecule has 0 radical (unpaired) electrons. The van der Waals surface area contributed by atoms with E-state index in [1.54, 1.807) is 30.3 Å². The predicted molar refractivity (Wildman–Crippen MR) is 80.2 cm³/mol. The Morgan fingerprint density at radius 2 is 1.95 bits per heavy atom. The number of nitriles is 1. The lowest BCUT2D eigenvalue weighted by Crippen LogP contribution is -2.29. The molecule has 0 atom stereocenters. The normalized spacial score (nSPS) is 13.8. The van der Waals surface area contributed by atoms with Gasteiger partial charge in [-0.25, -0.2) is 8.42 Å². The van der Waals surface area contributed by atoms with E-state index in [2.05, 4.69) is 0 Å². The van der Waals surface area contributed by atoms with Gasteiger partial charge in [-0.2, -0.15) is 5.26 Å². The van der Waals surface area contributed by atoms with E-state index in [1.807, 2.05) is 6.07 Å². The lowest BCUT2D eigenvalue weighted by atomic mass is 10.1. The SMILES string of the molecule is N#Cc1cccc(S(=O)(=O)N2CCc3c(N)cccc32)c1. The quantitative estimate of drug-likeness (QED) is 0.858. The van der Waals surface area contributed by atoms with Crippen molar-refractivity contribution in [1.29, 1.82) is 5.26 Å². The monoisotopic (exact) mass is 299 g/mol. The maximum atomic E-state index is 12.8. The number of rotatable bonds is 2. The van der Waals surface area contributed by atoms with Gasteiger partial charge in [0.05, 0.1) is 22.2 Å². The number of anilines is 2. The molecule has 1 aliphatic heterocycles. The molecule has 2 aromatic carbocycles. The van der Waals surface area contributed by atoms with Crippen LogP contribution in [-0.4, -0.2) is 15.0 Å². The number of nitrogen functional groups attached to an aromatic ring is 1. The second-order valence-electron chi connectivity index (χ2n) is 4.81. The van der Waals surface area contributed by atoms with E-state index in [0.717, 1.165) is 5.56 Å². The van der Waals surface area contributed by atoms with Crippen molar-refractivity contribution < 1.29 is 8.42 Å². The number of sulfonamides is 1. The molecule has 0 fully saturated rings. The first-order valence-corrected chi connectivity index (χ1v) is 7.88. The molecule has 1 aliphatic rings. The highest BCUT2D eigenvalue weighted by atomic mass is 32.2. The highest BCUT2D eigenvalue weighted by Gasteiger charge is 2.31. The van der Waals surface area contributed by atoms with Crippen LogP contribution in [0.5, 0.6) is 0 Å². The van der Waals surface area contributed by atoms with Gasteiger partial charge in [0.2, 0.25) is 0 Å². The van der Waals surface area contributed by atoms with E-state index < -0.39 is 10.0 Å². The van der Waals surface area contributed by atoms with Crippen molar-refractivity contribution in [2.75, 3.05) is 16.6 Å². The molecular weight excluding hydrogens is 286 g/mol. The summed E-state index contributed by atoms with van der Waals surface area (Å²) in [5.74, 6) is 0. The largest absolute Gasteiger partial charge is 0.398 e. The molecule has 106 valence electrons. The van der Waals surface area contributed by atoms with Gasteiger partial charge in [-0.05, 0) is 36.8 Å². The van der Waals surface area contributed by atoms with Crippen molar-refractivity contribution in [3.05, 3.63) is 53.6 Å². The maximum absolute atomic E-state index is 12.8. The minimum Gasteiger partial charge on any atom is -0.398 e. The van der Waals surface area contributed by atoms with Crippen LogP contribution in [-0.2, 0) is 16.4 Å². The molecular formula is C15H13N3O2S. The fourth-order valence-electron chi connectivity index (χ4n) is 2.53. The highest BCUT2D eigenvalue weighted by molar-refractivity contribution is 7.92. The molecule has 6 heteroatoms. The first kappa shape index (κ1) is 13.5. The van der Waals surface area contributed by atoms with Crippen molar-refractivity contribution in [3.63, 3.8) is 0 Å². The van der Waals surface area contributed by atoms with Crippen molar-refractivity contribution in [3.8, 4) is 6.07 Å². The van der Waals surface area contributed by atoms with Gasteiger partial charge in [0.25, 0.3) is 10.0 Å². The van der Waals surface area contributed by atoms with Crippen LogP contribution in [0.1, 0.15) is 11.1 Å². The van der Waals surface area contributed by atoms with Gasteiger partial charge in [-0.1, -0.05) is 12.1 Å². The molecule has 5 nitrogen and oxygen atoms in total. The third-order valence-corrected chi connectivity index (χ3v) is 5.38. The van der Waals surface area contributed by atoms with Gasteiger partial charge in [0.15, 0.2) is 0 Å². The average Bonchev–Trinajstić information content (AvgIpc) is 2.93. The summed E-state index contributed by atoms with van der Waals surface area (Å²) in [5.41, 5.74) is 8.31. The summed E-state index contributed by atoms with van der Waals surface area (Å²) in [6, 6.07) is 13.3. The molecule has 0 aliphatic carbocycles. The number of hydrogen-bond acceptors (Lipinski definition) is 4. The fourth-order valence-corrected chi connectivity index (χ4v) is 4.08. The highest BCUT2D eigenvalue weighted by Crippen LogP contribution is 2.35. The van der Waals surface area contributed by atoms with Gasteiger partial charge in [0, 0.05) is 17.8 Å². The summed E-state index contributed by atoms with van der Waals surface area (Å²) < 4.78 is 26.9. The van der Waals surface area contributed by atoms with Crippen molar-refractivity contribution in [2.45, 2.75) is 11.3 Å². The second kappa shape index (κ2) is 4.79. The van der Waals surface area contributed by atoms with E-state index >= 15 is 0 Å². The Bertz CT molecular complexity index is 853. The van der Waals surface area contributed by atoms with Gasteiger partial charge >= 0.3 is 0 Å². The summed E-state index contributed by atoms with van der Waals surface area (Å²) in [6.45, 7) is 0.364. The molecule has 0 saturated heterocycles. The molecule has 0 amide bonds. The second-order valence-corrected chi connectivity index (χ2v) is 6.67. The Labute approximate surface area is 123 Å². The van der Waals surface area contributed by atoms with Crippen molar-refractivity contribution >= 4 is 21.4 Å². The molecule has 3 rings (SSSR count). The van der Waals surface area contributed by atoms with Crippen LogP contribution in [0, 0.1) is 11.3 Å². The first-order valence-electron chi connectivity index (χ1n) is 6.44. The lowest BCUT2D eigenvalue weighted by molar-refractivity contribution is 0.592. The zero-order valence-corrected chi connectivity index (χ0v) is 12.0. The third-order valence-electron chi connectivity index (χ3n) is 3.57. The van der Waals surface area contributed by atoms with Gasteiger partial charge in [-0.3, -0.25) is 4.31 Å². The van der Waals surface area contributed by atoms with Crippen LogP contribution in [0.25, 0.3) is 0 Å². The van der Waals surface area contributed by atoms with E-state index in [-0.39, 0.29) is 4.90 Å². The van der Waals surface area contributed by atoms with Crippen LogP contribution in [0.15, 0.2) is 47.4 Å². The van der Waals surface area contributed by atoms with Crippen LogP contribution in [0.2, 0.25) is 0 Å². The Balaban J connectivity index is 2.10. The molecule has 0 bridgehead atoms. The minimum atomic E-state index is -3.67. The standard InChI is InChI=1S/C15H13N3O2S/c16-10-11-3-1-4-12(9-11)21(19,20)18-8-7-13-14(17)5-2-6-15(13)18/h1-6,9H,7-8,17H2. The molecule has 1 heterocycles. The van der Waals surface area contributed by atoms with E-state index in [9.17, 15) is 8.42 Å². The molecule has 2 aromatic rings. The average molecular weight is 299 g/mol. The third kappa shape index (κ3) is 2.12. The van der Waals surface area contributed by atoms with E-state index in [1.165, 1.54) is 16.4 Å². The number of hydrogen-bond donors (Lipinski definition) is 1. The predicted octanol–water partition coefficient (Wildman–Crippen LogP) is 1.89. The zero-order valence-electron chi connectivity index (χ0n) is 11.2. The molecule has 2 N–H and O–H groups in total. The van der Waals surface area contributed by atoms with Crippen LogP contribution >= 0.6 is 0 Å². The first-order chi connectivity index (χ1) is 10.0. The van der Waals surface area contributed by atoms with Crippen LogP contribution < -0.4 is 10.0 Å². The maximum Gasteiger partial charge on any atom is 0.264 e. The van der Waals surface area contributed by atoms with Crippen molar-refractivity contribution in [1.82, 2.24) is 0 Å². The summed E-state index contributed by atoms with van der Waals surface area (Å²) in [6.07, 6.45) is 0.596. The fraction of sp³-hybridized carbons (Fsp3) is 0.133. The zero-order chi connectivity index (χ0) is 15.0. The topological polar surface area (TPSA) is 87.2 Å². The smallest absolute Gasteiger partial charge is 0.264 e. The Morgan fingerprint density at radius 3 is 2.71 bits per heavy atom. The molecule has 21 heavy (non-hydrogen) atoms. The van der Waals surface area contributed by atoms with E-state index in [4.69, 9.17) is 11.0 Å². The van der Waals surface area contributed by atoms with Gasteiger partial charge < -0.3 is 5.73 Å². The summed E-state index contributed by atoms with van der Waals surface area (Å²) in [4.78, 5) is 0.122. The number of benzene rings is 2. The number of nitrogens with zero attached hydrogens (tertiary/aromatic N) is 2. The molecule has 0 saturated carbocycles. The molecule has 0 spiro atoms.